The van der Waals surface area contributed by atoms with Crippen LogP contribution < -0.4 is 10.6 Å². The molecule has 0 radical (unpaired) electrons. The lowest BCUT2D eigenvalue weighted by Crippen LogP contribution is -2.22. The zero-order chi connectivity index (χ0) is 21.4. The average Bonchev–Trinajstić information content (AvgIpc) is 3.40. The van der Waals surface area contributed by atoms with Gasteiger partial charge in [-0.1, -0.05) is 23.7 Å². The molecular weight excluding hydrogens is 410 g/mol. The maximum absolute atomic E-state index is 9.35. The Kier molecular flexibility index (Phi) is 5.02. The molecule has 0 unspecified atom stereocenters. The maximum Gasteiger partial charge on any atom is 0.165 e. The van der Waals surface area contributed by atoms with E-state index in [0.29, 0.717) is 16.8 Å². The highest BCUT2D eigenvalue weighted by Crippen LogP contribution is 2.36. The van der Waals surface area contributed by atoms with Crippen molar-refractivity contribution in [2.75, 3.05) is 18.4 Å². The van der Waals surface area contributed by atoms with E-state index in [2.05, 4.69) is 21.7 Å². The van der Waals surface area contributed by atoms with Gasteiger partial charge in [0, 0.05) is 30.0 Å². The quantitative estimate of drug-likeness (QED) is 0.475. The summed E-state index contributed by atoms with van der Waals surface area (Å²) in [5.74, 6) is 0.802. The zero-order valence-corrected chi connectivity index (χ0v) is 17.7. The number of aryl methyl sites for hydroxylation is 1. The van der Waals surface area contributed by atoms with Crippen LogP contribution in [0.5, 0.6) is 0 Å². The van der Waals surface area contributed by atoms with Gasteiger partial charge >= 0.3 is 0 Å². The predicted octanol–water partition coefficient (Wildman–Crippen LogP) is 4.07. The summed E-state index contributed by atoms with van der Waals surface area (Å²) < 4.78 is 1.77. The third-order valence-corrected chi connectivity index (χ3v) is 5.57. The number of nitrogens with one attached hydrogen (secondary N) is 2. The van der Waals surface area contributed by atoms with Gasteiger partial charge in [0.1, 0.15) is 16.7 Å². The van der Waals surface area contributed by atoms with Crippen LogP contribution in [0.3, 0.4) is 0 Å². The van der Waals surface area contributed by atoms with E-state index < -0.39 is 0 Å². The van der Waals surface area contributed by atoms with Crippen molar-refractivity contribution in [3.63, 3.8) is 0 Å². The molecule has 4 aromatic rings. The Morgan fingerprint density at radius 3 is 2.87 bits per heavy atom. The Hall–Kier alpha value is -3.47. The molecule has 31 heavy (non-hydrogen) atoms. The van der Waals surface area contributed by atoms with Gasteiger partial charge in [-0.3, -0.25) is 0 Å². The zero-order valence-electron chi connectivity index (χ0n) is 16.9. The molecule has 154 valence electrons. The second-order valence-corrected chi connectivity index (χ2v) is 8.04. The van der Waals surface area contributed by atoms with Crippen molar-refractivity contribution in [2.45, 2.75) is 19.4 Å². The number of halogens is 1. The van der Waals surface area contributed by atoms with Gasteiger partial charge in [-0.15, -0.1) is 0 Å². The first kappa shape index (κ1) is 19.5. The van der Waals surface area contributed by atoms with E-state index in [-0.39, 0.29) is 0 Å². The number of hydrogen-bond acceptors (Lipinski definition) is 6. The van der Waals surface area contributed by atoms with Crippen LogP contribution in [-0.4, -0.2) is 38.7 Å². The second kappa shape index (κ2) is 7.99. The number of rotatable bonds is 4. The van der Waals surface area contributed by atoms with Crippen molar-refractivity contribution in [3.8, 4) is 28.5 Å². The molecule has 2 N–H and O–H groups in total. The second-order valence-electron chi connectivity index (χ2n) is 7.65. The molecular formula is C23H20ClN7. The third-order valence-electron chi connectivity index (χ3n) is 5.37. The molecule has 0 aliphatic carbocycles. The van der Waals surface area contributed by atoms with E-state index >= 15 is 0 Å². The minimum absolute atomic E-state index is 0.353. The summed E-state index contributed by atoms with van der Waals surface area (Å²) in [5.41, 5.74) is 5.44. The van der Waals surface area contributed by atoms with Crippen LogP contribution in [0.15, 0.2) is 48.7 Å². The summed E-state index contributed by atoms with van der Waals surface area (Å²) in [5, 5.41) is 21.4. The average molecular weight is 430 g/mol. The standard InChI is InChI=1S/C23H20ClN7/c1-14-9-17(11-19(24)27-14)21-22(16-4-2-3-15(10-16)12-25)30-31-8-6-20(29-23(21)31)28-18-5-7-26-13-18/h2-4,6,8-11,18,26H,5,7,13H2,1H3,(H,28,29)/t18-/m0/s1. The van der Waals surface area contributed by atoms with Gasteiger partial charge in [0.25, 0.3) is 0 Å². The lowest BCUT2D eigenvalue weighted by atomic mass is 10.00. The van der Waals surface area contributed by atoms with Crippen LogP contribution in [0.25, 0.3) is 28.0 Å². The van der Waals surface area contributed by atoms with Gasteiger partial charge in [0.15, 0.2) is 5.65 Å². The molecule has 1 aliphatic rings. The highest BCUT2D eigenvalue weighted by atomic mass is 35.5. The smallest absolute Gasteiger partial charge is 0.165 e. The van der Waals surface area contributed by atoms with Crippen LogP contribution in [0.1, 0.15) is 17.7 Å². The fraction of sp³-hybridized carbons (Fsp3) is 0.217. The summed E-state index contributed by atoms with van der Waals surface area (Å²) >= 11 is 6.29. The van der Waals surface area contributed by atoms with Gasteiger partial charge in [-0.25, -0.2) is 14.5 Å². The van der Waals surface area contributed by atoms with Crippen molar-refractivity contribution in [3.05, 3.63) is 65.1 Å². The number of pyridine rings is 1. The van der Waals surface area contributed by atoms with Crippen LogP contribution >= 0.6 is 11.6 Å². The molecule has 0 saturated carbocycles. The van der Waals surface area contributed by atoms with Crippen LogP contribution in [0.2, 0.25) is 5.15 Å². The van der Waals surface area contributed by atoms with E-state index in [9.17, 15) is 5.26 Å². The lowest BCUT2D eigenvalue weighted by molar-refractivity contribution is 0.786. The first-order valence-corrected chi connectivity index (χ1v) is 10.5. The fourth-order valence-corrected chi connectivity index (χ4v) is 4.22. The molecule has 1 aliphatic heterocycles. The van der Waals surface area contributed by atoms with Crippen molar-refractivity contribution >= 4 is 23.1 Å². The Balaban J connectivity index is 1.72. The van der Waals surface area contributed by atoms with Crippen LogP contribution in [0.4, 0.5) is 5.82 Å². The molecule has 5 rings (SSSR count). The summed E-state index contributed by atoms with van der Waals surface area (Å²) in [7, 11) is 0. The molecule has 0 bridgehead atoms. The molecule has 4 heterocycles. The number of hydrogen-bond donors (Lipinski definition) is 2. The Labute approximate surface area is 184 Å². The van der Waals surface area contributed by atoms with Crippen molar-refractivity contribution in [1.29, 1.82) is 5.26 Å². The van der Waals surface area contributed by atoms with E-state index in [4.69, 9.17) is 21.7 Å². The largest absolute Gasteiger partial charge is 0.366 e. The van der Waals surface area contributed by atoms with Crippen LogP contribution in [0, 0.1) is 18.3 Å². The minimum Gasteiger partial charge on any atom is -0.366 e. The molecule has 0 spiro atoms. The molecule has 3 aromatic heterocycles. The Morgan fingerprint density at radius 1 is 1.19 bits per heavy atom. The maximum atomic E-state index is 9.35. The third kappa shape index (κ3) is 3.83. The monoisotopic (exact) mass is 429 g/mol. The molecule has 1 saturated heterocycles. The van der Waals surface area contributed by atoms with Crippen molar-refractivity contribution in [1.82, 2.24) is 24.9 Å². The topological polar surface area (TPSA) is 90.9 Å². The van der Waals surface area contributed by atoms with E-state index in [0.717, 1.165) is 59.1 Å². The minimum atomic E-state index is 0.353. The lowest BCUT2D eigenvalue weighted by Gasteiger charge is -2.12. The normalized spacial score (nSPS) is 15.8. The molecule has 8 heteroatoms. The van der Waals surface area contributed by atoms with Crippen molar-refractivity contribution in [2.24, 2.45) is 0 Å². The summed E-state index contributed by atoms with van der Waals surface area (Å²) in [6.07, 6.45) is 2.97. The number of nitrogens with zero attached hydrogens (tertiary/aromatic N) is 5. The Bertz CT molecular complexity index is 1300. The molecule has 1 aromatic carbocycles. The molecule has 1 fully saturated rings. The Morgan fingerprint density at radius 2 is 2.10 bits per heavy atom. The van der Waals surface area contributed by atoms with E-state index in [1.807, 2.05) is 49.5 Å². The molecule has 0 amide bonds. The SMILES string of the molecule is Cc1cc(-c2c(-c3cccc(C#N)c3)nn3ccc(N[C@H]4CCNC4)nc23)cc(Cl)n1. The number of nitriles is 1. The van der Waals surface area contributed by atoms with E-state index in [1.54, 1.807) is 10.6 Å². The summed E-state index contributed by atoms with van der Waals surface area (Å²) in [4.78, 5) is 9.19. The van der Waals surface area contributed by atoms with E-state index in [1.165, 1.54) is 0 Å². The van der Waals surface area contributed by atoms with Gasteiger partial charge < -0.3 is 10.6 Å². The number of benzene rings is 1. The van der Waals surface area contributed by atoms with Gasteiger partial charge in [-0.2, -0.15) is 10.4 Å². The van der Waals surface area contributed by atoms with Crippen molar-refractivity contribution < 1.29 is 0 Å². The molecule has 7 nitrogen and oxygen atoms in total. The summed E-state index contributed by atoms with van der Waals surface area (Å²) in [6, 6.07) is 15.7. The first-order chi connectivity index (χ1) is 15.1. The number of anilines is 1. The first-order valence-electron chi connectivity index (χ1n) is 10.1. The molecule has 1 atom stereocenters. The van der Waals surface area contributed by atoms with Crippen LogP contribution in [-0.2, 0) is 0 Å². The predicted molar refractivity (Wildman–Crippen MR) is 121 cm³/mol. The van der Waals surface area contributed by atoms with Gasteiger partial charge in [0.05, 0.1) is 17.2 Å². The number of aromatic nitrogens is 4. The van der Waals surface area contributed by atoms with Gasteiger partial charge in [0.2, 0.25) is 0 Å². The fourth-order valence-electron chi connectivity index (χ4n) is 3.97. The highest BCUT2D eigenvalue weighted by molar-refractivity contribution is 6.29. The highest BCUT2D eigenvalue weighted by Gasteiger charge is 2.20. The number of fused-ring (bicyclic) bond motifs is 1. The summed E-state index contributed by atoms with van der Waals surface area (Å²) in [6.45, 7) is 3.83. The van der Waals surface area contributed by atoms with Gasteiger partial charge in [-0.05, 0) is 55.8 Å².